The fourth-order valence-corrected chi connectivity index (χ4v) is 2.87. The Kier molecular flexibility index (Phi) is 4.93. The van der Waals surface area contributed by atoms with Crippen LogP contribution in [-0.2, 0) is 0 Å². The second kappa shape index (κ2) is 6.13. The van der Waals surface area contributed by atoms with Crippen LogP contribution in [0.1, 0.15) is 31.9 Å². The smallest absolute Gasteiger partial charge is 0.142 e. The van der Waals surface area contributed by atoms with E-state index in [-0.39, 0.29) is 10.8 Å². The first-order valence-electron chi connectivity index (χ1n) is 6.33. The van der Waals surface area contributed by atoms with Gasteiger partial charge >= 0.3 is 0 Å². The molecule has 2 rings (SSSR count). The van der Waals surface area contributed by atoms with Crippen molar-refractivity contribution >= 4 is 35.0 Å². The van der Waals surface area contributed by atoms with Gasteiger partial charge in [0, 0.05) is 34.3 Å². The lowest BCUT2D eigenvalue weighted by Crippen LogP contribution is -2.36. The van der Waals surface area contributed by atoms with E-state index in [1.165, 1.54) is 0 Å². The molecule has 1 unspecified atom stereocenters. The molecule has 1 aromatic carbocycles. The van der Waals surface area contributed by atoms with Crippen LogP contribution < -0.4 is 10.1 Å². The van der Waals surface area contributed by atoms with Gasteiger partial charge in [-0.3, -0.25) is 0 Å². The van der Waals surface area contributed by atoms with Crippen LogP contribution in [-0.4, -0.2) is 24.2 Å². The number of fused-ring (bicyclic) bond motifs is 1. The molecule has 1 atom stereocenters. The fraction of sp³-hybridized carbons (Fsp3) is 0.571. The number of ether oxygens (including phenoxy) is 1. The number of hydrogen-bond donors (Lipinski definition) is 1. The number of thioether (sulfide) groups is 1. The highest BCUT2D eigenvalue weighted by Crippen LogP contribution is 2.40. The highest BCUT2D eigenvalue weighted by atomic mass is 35.5. The molecule has 19 heavy (non-hydrogen) atoms. The molecule has 0 spiro atoms. The molecule has 0 bridgehead atoms. The summed E-state index contributed by atoms with van der Waals surface area (Å²) >= 11 is 14.1. The molecule has 1 aliphatic heterocycles. The van der Waals surface area contributed by atoms with E-state index in [0.717, 1.165) is 24.3 Å². The minimum Gasteiger partial charge on any atom is -0.492 e. The van der Waals surface area contributed by atoms with Crippen molar-refractivity contribution < 1.29 is 4.74 Å². The molecule has 0 amide bonds. The molecule has 0 radical (unpaired) electrons. The summed E-state index contributed by atoms with van der Waals surface area (Å²) in [4.78, 5) is 0. The Morgan fingerprint density at radius 3 is 2.84 bits per heavy atom. The number of halogens is 2. The van der Waals surface area contributed by atoms with Crippen LogP contribution in [0.4, 0.5) is 0 Å². The summed E-state index contributed by atoms with van der Waals surface area (Å²) < 4.78 is 5.87. The van der Waals surface area contributed by atoms with Gasteiger partial charge in [0.25, 0.3) is 0 Å². The predicted octanol–water partition coefficient (Wildman–Crippen LogP) is 4.55. The maximum absolute atomic E-state index is 6.19. The van der Waals surface area contributed by atoms with Gasteiger partial charge in [0.15, 0.2) is 0 Å². The van der Waals surface area contributed by atoms with Crippen LogP contribution in [0.2, 0.25) is 10.0 Å². The molecule has 106 valence electrons. The summed E-state index contributed by atoms with van der Waals surface area (Å²) in [6.45, 7) is 6.08. The van der Waals surface area contributed by atoms with Crippen molar-refractivity contribution in [1.29, 1.82) is 0 Å². The Morgan fingerprint density at radius 2 is 2.16 bits per heavy atom. The summed E-state index contributed by atoms with van der Waals surface area (Å²) in [6, 6.07) is 3.94. The first-order chi connectivity index (χ1) is 8.93. The second-order valence-corrected chi connectivity index (χ2v) is 7.70. The summed E-state index contributed by atoms with van der Waals surface area (Å²) in [7, 11) is 0. The molecule has 5 heteroatoms. The van der Waals surface area contributed by atoms with Gasteiger partial charge in [0.1, 0.15) is 5.75 Å². The third kappa shape index (κ3) is 3.72. The summed E-state index contributed by atoms with van der Waals surface area (Å²) in [5, 5.41) is 4.86. The van der Waals surface area contributed by atoms with Gasteiger partial charge in [0.2, 0.25) is 0 Å². The van der Waals surface area contributed by atoms with Crippen molar-refractivity contribution in [2.24, 2.45) is 0 Å². The number of benzene rings is 1. The van der Waals surface area contributed by atoms with Crippen molar-refractivity contribution in [3.8, 4) is 5.75 Å². The topological polar surface area (TPSA) is 21.3 Å². The number of nitrogens with one attached hydrogen (secondary N) is 1. The minimum atomic E-state index is 0.209. The highest BCUT2D eigenvalue weighted by Gasteiger charge is 2.26. The van der Waals surface area contributed by atoms with E-state index in [4.69, 9.17) is 27.9 Å². The van der Waals surface area contributed by atoms with Gasteiger partial charge in [-0.25, -0.2) is 0 Å². The Bertz CT molecular complexity index is 465. The van der Waals surface area contributed by atoms with E-state index in [9.17, 15) is 0 Å². The summed E-state index contributed by atoms with van der Waals surface area (Å²) in [5.74, 6) is 0.775. The standard InChI is InChI=1S/C14H19Cl2NOS/c1-14(2,19-3)8-17-12-4-5-18-13-10(12)6-9(15)7-11(13)16/h6-7,12,17H,4-5,8H2,1-3H3. The van der Waals surface area contributed by atoms with Crippen LogP contribution >= 0.6 is 35.0 Å². The van der Waals surface area contributed by atoms with Crippen molar-refractivity contribution in [3.63, 3.8) is 0 Å². The van der Waals surface area contributed by atoms with E-state index >= 15 is 0 Å². The van der Waals surface area contributed by atoms with E-state index < -0.39 is 0 Å². The predicted molar refractivity (Wildman–Crippen MR) is 84.9 cm³/mol. The van der Waals surface area contributed by atoms with E-state index in [1.54, 1.807) is 6.07 Å². The van der Waals surface area contributed by atoms with E-state index in [0.29, 0.717) is 16.7 Å². The Balaban J connectivity index is 2.18. The lowest BCUT2D eigenvalue weighted by molar-refractivity contribution is 0.251. The summed E-state index contributed by atoms with van der Waals surface area (Å²) in [5.41, 5.74) is 1.07. The first kappa shape index (κ1) is 15.3. The molecule has 2 nitrogen and oxygen atoms in total. The Labute approximate surface area is 129 Å². The highest BCUT2D eigenvalue weighted by molar-refractivity contribution is 7.99. The summed E-state index contributed by atoms with van der Waals surface area (Å²) in [6.07, 6.45) is 3.07. The van der Waals surface area contributed by atoms with E-state index in [1.807, 2.05) is 17.8 Å². The molecule has 0 aliphatic carbocycles. The lowest BCUT2D eigenvalue weighted by atomic mass is 10.00. The maximum Gasteiger partial charge on any atom is 0.142 e. The largest absolute Gasteiger partial charge is 0.492 e. The molecule has 0 saturated carbocycles. The molecular formula is C14H19Cl2NOS. The zero-order valence-electron chi connectivity index (χ0n) is 11.4. The van der Waals surface area contributed by atoms with Crippen LogP contribution in [0, 0.1) is 0 Å². The van der Waals surface area contributed by atoms with Gasteiger partial charge < -0.3 is 10.1 Å². The first-order valence-corrected chi connectivity index (χ1v) is 8.31. The third-order valence-electron chi connectivity index (χ3n) is 3.39. The zero-order chi connectivity index (χ0) is 14.0. The van der Waals surface area contributed by atoms with Crippen LogP contribution in [0.15, 0.2) is 12.1 Å². The van der Waals surface area contributed by atoms with Gasteiger partial charge in [-0.15, -0.1) is 0 Å². The van der Waals surface area contributed by atoms with Gasteiger partial charge in [-0.05, 0) is 32.2 Å². The second-order valence-electron chi connectivity index (χ2n) is 5.34. The Hall–Kier alpha value is -0.0900. The average molecular weight is 320 g/mol. The van der Waals surface area contributed by atoms with Gasteiger partial charge in [-0.2, -0.15) is 11.8 Å². The quantitative estimate of drug-likeness (QED) is 0.879. The van der Waals surface area contributed by atoms with Crippen molar-refractivity contribution in [2.45, 2.75) is 31.1 Å². The molecule has 0 saturated heterocycles. The molecule has 0 aromatic heterocycles. The molecule has 1 aliphatic rings. The van der Waals surface area contributed by atoms with Crippen LogP contribution in [0.25, 0.3) is 0 Å². The minimum absolute atomic E-state index is 0.209. The SMILES string of the molecule is CSC(C)(C)CNC1CCOc2c(Cl)cc(Cl)cc21. The van der Waals surface area contributed by atoms with Gasteiger partial charge in [-0.1, -0.05) is 23.2 Å². The number of hydrogen-bond acceptors (Lipinski definition) is 3. The van der Waals surface area contributed by atoms with Crippen molar-refractivity contribution in [2.75, 3.05) is 19.4 Å². The molecular weight excluding hydrogens is 301 g/mol. The lowest BCUT2D eigenvalue weighted by Gasteiger charge is -2.31. The fourth-order valence-electron chi connectivity index (χ4n) is 2.08. The molecule has 1 aromatic rings. The number of rotatable bonds is 4. The Morgan fingerprint density at radius 1 is 1.42 bits per heavy atom. The molecule has 1 N–H and O–H groups in total. The third-order valence-corrected chi connectivity index (χ3v) is 5.14. The average Bonchev–Trinajstić information content (AvgIpc) is 2.36. The molecule has 1 heterocycles. The maximum atomic E-state index is 6.19. The monoisotopic (exact) mass is 319 g/mol. The van der Waals surface area contributed by atoms with Crippen molar-refractivity contribution in [1.82, 2.24) is 5.32 Å². The van der Waals surface area contributed by atoms with Crippen LogP contribution in [0.3, 0.4) is 0 Å². The van der Waals surface area contributed by atoms with Crippen LogP contribution in [0.5, 0.6) is 5.75 Å². The zero-order valence-corrected chi connectivity index (χ0v) is 13.8. The van der Waals surface area contributed by atoms with Crippen molar-refractivity contribution in [3.05, 3.63) is 27.7 Å². The van der Waals surface area contributed by atoms with Gasteiger partial charge in [0.05, 0.1) is 11.6 Å². The normalized spacial score (nSPS) is 18.9. The molecule has 0 fully saturated rings. The van der Waals surface area contributed by atoms with E-state index in [2.05, 4.69) is 25.4 Å².